The van der Waals surface area contributed by atoms with Gasteiger partial charge in [-0.3, -0.25) is 0 Å². The molecule has 1 atom stereocenters. The van der Waals surface area contributed by atoms with Gasteiger partial charge in [-0.25, -0.2) is 0 Å². The fourth-order valence-electron chi connectivity index (χ4n) is 3.13. The predicted octanol–water partition coefficient (Wildman–Crippen LogP) is 4.24. The lowest BCUT2D eigenvalue weighted by Gasteiger charge is -2.26. The molecule has 1 unspecified atom stereocenters. The van der Waals surface area contributed by atoms with E-state index in [9.17, 15) is 5.11 Å². The zero-order valence-corrected chi connectivity index (χ0v) is 12.5. The molecule has 0 aliphatic carbocycles. The Kier molecular flexibility index (Phi) is 5.53. The van der Waals surface area contributed by atoms with Gasteiger partial charge in [-0.15, -0.1) is 0 Å². The largest absolute Gasteiger partial charge is 0.392 e. The van der Waals surface area contributed by atoms with Crippen LogP contribution in [0.3, 0.4) is 0 Å². The minimum Gasteiger partial charge on any atom is -0.392 e. The number of aliphatic hydroxyl groups excluding tert-OH is 1. The molecule has 0 amide bonds. The number of nitrogens with zero attached hydrogens (tertiary/aromatic N) is 1. The molecule has 0 radical (unpaired) electrons. The van der Waals surface area contributed by atoms with Crippen molar-refractivity contribution in [1.82, 2.24) is 0 Å². The van der Waals surface area contributed by atoms with Crippen LogP contribution in [0.1, 0.15) is 44.6 Å². The zero-order valence-electron chi connectivity index (χ0n) is 11.7. The summed E-state index contributed by atoms with van der Waals surface area (Å²) in [6.45, 7) is 4.43. The van der Waals surface area contributed by atoms with Crippen LogP contribution in [0.5, 0.6) is 0 Å². The summed E-state index contributed by atoms with van der Waals surface area (Å²) in [7, 11) is 0. The monoisotopic (exact) mass is 281 g/mol. The summed E-state index contributed by atoms with van der Waals surface area (Å²) in [5.74, 6) is 0.857. The van der Waals surface area contributed by atoms with E-state index in [1.165, 1.54) is 32.1 Å². The van der Waals surface area contributed by atoms with E-state index in [0.717, 1.165) is 35.3 Å². The predicted molar refractivity (Wildman–Crippen MR) is 81.8 cm³/mol. The van der Waals surface area contributed by atoms with Crippen molar-refractivity contribution in [3.05, 3.63) is 28.8 Å². The zero-order chi connectivity index (χ0) is 13.7. The minimum atomic E-state index is 0.0603. The van der Waals surface area contributed by atoms with E-state index < -0.39 is 0 Å². The number of halogens is 1. The van der Waals surface area contributed by atoms with Gasteiger partial charge in [0.05, 0.1) is 17.3 Å². The van der Waals surface area contributed by atoms with Crippen LogP contribution < -0.4 is 4.90 Å². The molecule has 1 saturated heterocycles. The van der Waals surface area contributed by atoms with E-state index in [2.05, 4.69) is 11.8 Å². The summed E-state index contributed by atoms with van der Waals surface area (Å²) in [4.78, 5) is 2.36. The molecular formula is C16H24ClNO. The summed E-state index contributed by atoms with van der Waals surface area (Å²) in [5, 5.41) is 10.3. The van der Waals surface area contributed by atoms with Crippen molar-refractivity contribution < 1.29 is 5.11 Å². The smallest absolute Gasteiger partial charge is 0.0702 e. The molecule has 19 heavy (non-hydrogen) atoms. The third-order valence-corrected chi connectivity index (χ3v) is 4.41. The SMILES string of the molecule is CCCC1CCCN(c2c(Cl)cccc2CO)CC1. The number of hydrogen-bond donors (Lipinski definition) is 1. The van der Waals surface area contributed by atoms with Gasteiger partial charge in [-0.2, -0.15) is 0 Å². The molecule has 1 fully saturated rings. The van der Waals surface area contributed by atoms with Gasteiger partial charge in [0.15, 0.2) is 0 Å². The Morgan fingerprint density at radius 3 is 2.89 bits per heavy atom. The number of benzene rings is 1. The molecule has 1 heterocycles. The fraction of sp³-hybridized carbons (Fsp3) is 0.625. The minimum absolute atomic E-state index is 0.0603. The van der Waals surface area contributed by atoms with Gasteiger partial charge in [0.25, 0.3) is 0 Å². The van der Waals surface area contributed by atoms with Crippen LogP contribution in [0.15, 0.2) is 18.2 Å². The number of aliphatic hydroxyl groups is 1. The highest BCUT2D eigenvalue weighted by Gasteiger charge is 2.20. The van der Waals surface area contributed by atoms with Crippen molar-refractivity contribution in [3.8, 4) is 0 Å². The summed E-state index contributed by atoms with van der Waals surface area (Å²) >= 11 is 6.34. The molecule has 1 aromatic rings. The Hall–Kier alpha value is -0.730. The van der Waals surface area contributed by atoms with Gasteiger partial charge in [0.1, 0.15) is 0 Å². The Labute approximate surface area is 121 Å². The Morgan fingerprint density at radius 2 is 2.16 bits per heavy atom. The van der Waals surface area contributed by atoms with Crippen molar-refractivity contribution in [2.75, 3.05) is 18.0 Å². The molecule has 1 aliphatic rings. The van der Waals surface area contributed by atoms with E-state index in [-0.39, 0.29) is 6.61 Å². The lowest BCUT2D eigenvalue weighted by atomic mass is 9.96. The summed E-state index contributed by atoms with van der Waals surface area (Å²) in [6.07, 6.45) is 6.40. The normalized spacial score (nSPS) is 20.4. The first kappa shape index (κ1) is 14.7. The van der Waals surface area contributed by atoms with E-state index >= 15 is 0 Å². The summed E-state index contributed by atoms with van der Waals surface area (Å²) < 4.78 is 0. The van der Waals surface area contributed by atoms with Crippen LogP contribution in [-0.4, -0.2) is 18.2 Å². The molecule has 0 spiro atoms. The molecule has 0 saturated carbocycles. The molecule has 3 heteroatoms. The first-order chi connectivity index (χ1) is 9.26. The third-order valence-electron chi connectivity index (χ3n) is 4.10. The van der Waals surface area contributed by atoms with Gasteiger partial charge < -0.3 is 10.0 Å². The standard InChI is InChI=1S/C16H24ClNO/c1-2-5-13-6-4-10-18(11-9-13)16-14(12-19)7-3-8-15(16)17/h3,7-8,13,19H,2,4-6,9-12H2,1H3. The van der Waals surface area contributed by atoms with Crippen molar-refractivity contribution in [2.24, 2.45) is 5.92 Å². The Morgan fingerprint density at radius 1 is 1.32 bits per heavy atom. The number of anilines is 1. The average molecular weight is 282 g/mol. The van der Waals surface area contributed by atoms with Gasteiger partial charge in [0, 0.05) is 18.7 Å². The lowest BCUT2D eigenvalue weighted by Crippen LogP contribution is -2.25. The van der Waals surface area contributed by atoms with Crippen molar-refractivity contribution in [2.45, 2.75) is 45.6 Å². The summed E-state index contributed by atoms with van der Waals surface area (Å²) in [6, 6.07) is 5.80. The number of rotatable bonds is 4. The molecule has 0 aromatic heterocycles. The molecule has 0 bridgehead atoms. The number of para-hydroxylation sites is 1. The van der Waals surface area contributed by atoms with Crippen LogP contribution in [0.25, 0.3) is 0 Å². The highest BCUT2D eigenvalue weighted by atomic mass is 35.5. The van der Waals surface area contributed by atoms with Crippen LogP contribution in [0.2, 0.25) is 5.02 Å². The van der Waals surface area contributed by atoms with E-state index in [1.54, 1.807) is 0 Å². The summed E-state index contributed by atoms with van der Waals surface area (Å²) in [5.41, 5.74) is 1.99. The molecule has 2 rings (SSSR count). The average Bonchev–Trinajstić information content (AvgIpc) is 2.64. The van der Waals surface area contributed by atoms with E-state index in [1.807, 2.05) is 18.2 Å². The lowest BCUT2D eigenvalue weighted by molar-refractivity contribution is 0.282. The molecule has 1 N–H and O–H groups in total. The topological polar surface area (TPSA) is 23.5 Å². The van der Waals surface area contributed by atoms with E-state index in [0.29, 0.717) is 0 Å². The van der Waals surface area contributed by atoms with Crippen molar-refractivity contribution in [1.29, 1.82) is 0 Å². The van der Waals surface area contributed by atoms with Crippen molar-refractivity contribution in [3.63, 3.8) is 0 Å². The second kappa shape index (κ2) is 7.16. The molecule has 1 aliphatic heterocycles. The third kappa shape index (κ3) is 3.64. The van der Waals surface area contributed by atoms with Crippen LogP contribution in [0.4, 0.5) is 5.69 Å². The van der Waals surface area contributed by atoms with Crippen molar-refractivity contribution >= 4 is 17.3 Å². The molecular weight excluding hydrogens is 258 g/mol. The van der Waals surface area contributed by atoms with Crippen LogP contribution in [-0.2, 0) is 6.61 Å². The first-order valence-electron chi connectivity index (χ1n) is 7.39. The van der Waals surface area contributed by atoms with Gasteiger partial charge in [-0.05, 0) is 31.2 Å². The molecule has 2 nitrogen and oxygen atoms in total. The second-order valence-corrected chi connectivity index (χ2v) is 5.89. The maximum absolute atomic E-state index is 9.49. The van der Waals surface area contributed by atoms with Crippen LogP contribution in [0, 0.1) is 5.92 Å². The van der Waals surface area contributed by atoms with Crippen LogP contribution >= 0.6 is 11.6 Å². The Balaban J connectivity index is 2.14. The first-order valence-corrected chi connectivity index (χ1v) is 7.77. The maximum Gasteiger partial charge on any atom is 0.0702 e. The van der Waals surface area contributed by atoms with Gasteiger partial charge in [0.2, 0.25) is 0 Å². The van der Waals surface area contributed by atoms with Gasteiger partial charge in [-0.1, -0.05) is 43.5 Å². The second-order valence-electron chi connectivity index (χ2n) is 5.48. The molecule has 1 aromatic carbocycles. The highest BCUT2D eigenvalue weighted by molar-refractivity contribution is 6.33. The van der Waals surface area contributed by atoms with E-state index in [4.69, 9.17) is 11.6 Å². The number of hydrogen-bond acceptors (Lipinski definition) is 2. The molecule has 106 valence electrons. The Bertz CT molecular complexity index is 408. The quantitative estimate of drug-likeness (QED) is 0.892. The maximum atomic E-state index is 9.49. The van der Waals surface area contributed by atoms with Gasteiger partial charge >= 0.3 is 0 Å². The fourth-order valence-corrected chi connectivity index (χ4v) is 3.44. The highest BCUT2D eigenvalue weighted by Crippen LogP contribution is 2.33.